The molecule has 74 valence electrons. The predicted octanol–water partition coefficient (Wildman–Crippen LogP) is -0.547. The molecule has 2 atom stereocenters. The molecule has 4 heteroatoms. The summed E-state index contributed by atoms with van der Waals surface area (Å²) in [5.74, 6) is 0.597. The van der Waals surface area contributed by atoms with E-state index >= 15 is 0 Å². The summed E-state index contributed by atoms with van der Waals surface area (Å²) in [7, 11) is 1.89. The molecule has 0 unspecified atom stereocenters. The summed E-state index contributed by atoms with van der Waals surface area (Å²) < 4.78 is 5.32. The number of nitrogens with zero attached hydrogens (tertiary/aromatic N) is 1. The lowest BCUT2D eigenvalue weighted by molar-refractivity contribution is -0.134. The number of carbonyl (C=O) groups is 1. The minimum Gasteiger partial charge on any atom is -0.371 e. The molecule has 0 spiro atoms. The Bertz CT molecular complexity index is 208. The van der Waals surface area contributed by atoms with Gasteiger partial charge in [0.2, 0.25) is 5.91 Å². The van der Waals surface area contributed by atoms with Gasteiger partial charge >= 0.3 is 0 Å². The van der Waals surface area contributed by atoms with Crippen LogP contribution in [-0.2, 0) is 9.53 Å². The molecule has 2 aliphatic heterocycles. The van der Waals surface area contributed by atoms with E-state index in [1.165, 1.54) is 0 Å². The standard InChI is InChI=1S/C9H16N2O2/c1-11-8-2-3-10-4-7(8)5-13-6-9(11)12/h7-8,10H,2-6H2,1H3/t7-,8+/m1/s1. The Balaban J connectivity index is 2.11. The van der Waals surface area contributed by atoms with Gasteiger partial charge in [-0.15, -0.1) is 0 Å². The molecule has 0 aliphatic carbocycles. The molecular formula is C9H16N2O2. The summed E-state index contributed by atoms with van der Waals surface area (Å²) in [6.07, 6.45) is 1.05. The second-order valence-electron chi connectivity index (χ2n) is 3.84. The highest BCUT2D eigenvalue weighted by molar-refractivity contribution is 5.77. The fourth-order valence-electron chi connectivity index (χ4n) is 2.17. The molecule has 2 aliphatic rings. The first kappa shape index (κ1) is 8.97. The van der Waals surface area contributed by atoms with Crippen LogP contribution in [-0.4, -0.2) is 50.2 Å². The number of hydrogen-bond acceptors (Lipinski definition) is 3. The monoisotopic (exact) mass is 184 g/mol. The fraction of sp³-hybridized carbons (Fsp3) is 0.889. The summed E-state index contributed by atoms with van der Waals surface area (Å²) in [6.45, 7) is 2.96. The maximum Gasteiger partial charge on any atom is 0.248 e. The number of carbonyl (C=O) groups excluding carboxylic acids is 1. The van der Waals surface area contributed by atoms with E-state index in [4.69, 9.17) is 4.74 Å². The lowest BCUT2D eigenvalue weighted by atomic mass is 9.93. The molecule has 0 radical (unpaired) electrons. The van der Waals surface area contributed by atoms with Gasteiger partial charge in [0.25, 0.3) is 0 Å². The molecule has 2 saturated heterocycles. The van der Waals surface area contributed by atoms with Crippen molar-refractivity contribution in [3.63, 3.8) is 0 Å². The van der Waals surface area contributed by atoms with Gasteiger partial charge in [-0.3, -0.25) is 4.79 Å². The molecule has 4 nitrogen and oxygen atoms in total. The quantitative estimate of drug-likeness (QED) is 0.549. The maximum absolute atomic E-state index is 11.4. The Morgan fingerprint density at radius 1 is 1.62 bits per heavy atom. The van der Waals surface area contributed by atoms with Crippen molar-refractivity contribution in [3.05, 3.63) is 0 Å². The van der Waals surface area contributed by atoms with E-state index < -0.39 is 0 Å². The van der Waals surface area contributed by atoms with Crippen LogP contribution in [0.3, 0.4) is 0 Å². The minimum absolute atomic E-state index is 0.120. The molecule has 0 aromatic carbocycles. The van der Waals surface area contributed by atoms with Gasteiger partial charge in [0, 0.05) is 25.6 Å². The molecule has 0 aromatic rings. The van der Waals surface area contributed by atoms with E-state index in [1.807, 2.05) is 11.9 Å². The summed E-state index contributed by atoms with van der Waals surface area (Å²) >= 11 is 0. The van der Waals surface area contributed by atoms with Crippen molar-refractivity contribution in [2.24, 2.45) is 5.92 Å². The first-order chi connectivity index (χ1) is 6.29. The van der Waals surface area contributed by atoms with Gasteiger partial charge in [0.15, 0.2) is 0 Å². The molecule has 2 rings (SSSR count). The van der Waals surface area contributed by atoms with Gasteiger partial charge in [-0.05, 0) is 13.0 Å². The number of piperidine rings is 1. The number of fused-ring (bicyclic) bond motifs is 1. The topological polar surface area (TPSA) is 41.6 Å². The highest BCUT2D eigenvalue weighted by Crippen LogP contribution is 2.20. The van der Waals surface area contributed by atoms with Crippen LogP contribution < -0.4 is 5.32 Å². The first-order valence-electron chi connectivity index (χ1n) is 4.83. The third kappa shape index (κ3) is 1.69. The number of rotatable bonds is 0. The molecule has 1 N–H and O–H groups in total. The lowest BCUT2D eigenvalue weighted by Crippen LogP contribution is -2.49. The summed E-state index contributed by atoms with van der Waals surface area (Å²) in [5.41, 5.74) is 0. The van der Waals surface area contributed by atoms with E-state index in [-0.39, 0.29) is 12.5 Å². The smallest absolute Gasteiger partial charge is 0.248 e. The van der Waals surface area contributed by atoms with E-state index in [0.717, 1.165) is 19.5 Å². The van der Waals surface area contributed by atoms with Gasteiger partial charge < -0.3 is 15.0 Å². The molecule has 2 fully saturated rings. The first-order valence-corrected chi connectivity index (χ1v) is 4.83. The van der Waals surface area contributed by atoms with Gasteiger partial charge in [-0.2, -0.15) is 0 Å². The van der Waals surface area contributed by atoms with Crippen LogP contribution >= 0.6 is 0 Å². The van der Waals surface area contributed by atoms with Crippen LogP contribution in [0.5, 0.6) is 0 Å². The largest absolute Gasteiger partial charge is 0.371 e. The predicted molar refractivity (Wildman–Crippen MR) is 48.4 cm³/mol. The number of hydrogen-bond donors (Lipinski definition) is 1. The zero-order valence-corrected chi connectivity index (χ0v) is 7.95. The van der Waals surface area contributed by atoms with Gasteiger partial charge in [0.1, 0.15) is 6.61 Å². The molecule has 13 heavy (non-hydrogen) atoms. The van der Waals surface area contributed by atoms with Gasteiger partial charge in [-0.25, -0.2) is 0 Å². The van der Waals surface area contributed by atoms with Crippen molar-refractivity contribution in [2.75, 3.05) is 33.4 Å². The number of amides is 1. The molecule has 2 heterocycles. The van der Waals surface area contributed by atoms with E-state index in [0.29, 0.717) is 18.6 Å². The molecule has 1 amide bonds. The molecule has 0 saturated carbocycles. The van der Waals surface area contributed by atoms with E-state index in [2.05, 4.69) is 5.32 Å². The van der Waals surface area contributed by atoms with E-state index in [9.17, 15) is 4.79 Å². The number of likely N-dealkylation sites (N-methyl/N-ethyl adjacent to an activating group) is 1. The highest BCUT2D eigenvalue weighted by Gasteiger charge is 2.33. The third-order valence-corrected chi connectivity index (χ3v) is 3.02. The fourth-order valence-corrected chi connectivity index (χ4v) is 2.17. The van der Waals surface area contributed by atoms with Crippen molar-refractivity contribution >= 4 is 5.91 Å². The Labute approximate surface area is 78.2 Å². The minimum atomic E-state index is 0.120. The van der Waals surface area contributed by atoms with Crippen molar-refractivity contribution in [3.8, 4) is 0 Å². The number of ether oxygens (including phenoxy) is 1. The van der Waals surface area contributed by atoms with Crippen molar-refractivity contribution < 1.29 is 9.53 Å². The second-order valence-corrected chi connectivity index (χ2v) is 3.84. The van der Waals surface area contributed by atoms with Crippen LogP contribution in [0, 0.1) is 5.92 Å². The van der Waals surface area contributed by atoms with Crippen LogP contribution in [0.1, 0.15) is 6.42 Å². The van der Waals surface area contributed by atoms with Crippen LogP contribution in [0.25, 0.3) is 0 Å². The zero-order chi connectivity index (χ0) is 9.26. The summed E-state index contributed by atoms with van der Waals surface area (Å²) in [4.78, 5) is 13.3. The highest BCUT2D eigenvalue weighted by atomic mass is 16.5. The van der Waals surface area contributed by atoms with Crippen LogP contribution in [0.15, 0.2) is 0 Å². The van der Waals surface area contributed by atoms with E-state index in [1.54, 1.807) is 0 Å². The number of nitrogens with one attached hydrogen (secondary N) is 1. The van der Waals surface area contributed by atoms with Crippen molar-refractivity contribution in [1.82, 2.24) is 10.2 Å². The Morgan fingerprint density at radius 2 is 2.46 bits per heavy atom. The zero-order valence-electron chi connectivity index (χ0n) is 7.95. The maximum atomic E-state index is 11.4. The lowest BCUT2D eigenvalue weighted by Gasteiger charge is -2.35. The molecule has 0 bridgehead atoms. The van der Waals surface area contributed by atoms with Gasteiger partial charge in [-0.1, -0.05) is 0 Å². The average molecular weight is 184 g/mol. The van der Waals surface area contributed by atoms with Crippen molar-refractivity contribution in [2.45, 2.75) is 12.5 Å². The SMILES string of the molecule is CN1C(=O)COC[C@H]2CNCC[C@@H]21. The summed E-state index contributed by atoms with van der Waals surface area (Å²) in [5, 5.41) is 3.33. The average Bonchev–Trinajstić information content (AvgIpc) is 2.29. The Morgan fingerprint density at radius 3 is 3.31 bits per heavy atom. The normalized spacial score (nSPS) is 35.5. The van der Waals surface area contributed by atoms with Crippen LogP contribution in [0.4, 0.5) is 0 Å². The summed E-state index contributed by atoms with van der Waals surface area (Å²) in [6, 6.07) is 0.385. The van der Waals surface area contributed by atoms with Crippen LogP contribution in [0.2, 0.25) is 0 Å². The second kappa shape index (κ2) is 3.64. The van der Waals surface area contributed by atoms with Crippen molar-refractivity contribution in [1.29, 1.82) is 0 Å². The Kier molecular flexibility index (Phi) is 2.51. The Hall–Kier alpha value is -0.610. The van der Waals surface area contributed by atoms with Gasteiger partial charge in [0.05, 0.1) is 6.61 Å². The molecule has 0 aromatic heterocycles. The third-order valence-electron chi connectivity index (χ3n) is 3.02. The molecular weight excluding hydrogens is 168 g/mol.